The number of benzene rings is 1. The molecule has 0 radical (unpaired) electrons. The van der Waals surface area contributed by atoms with Gasteiger partial charge in [0.1, 0.15) is 18.0 Å². The predicted molar refractivity (Wildman–Crippen MR) is 85.8 cm³/mol. The van der Waals surface area contributed by atoms with E-state index in [0.717, 1.165) is 30.8 Å². The molecule has 0 saturated carbocycles. The maximum atomic E-state index is 10.7. The second kappa shape index (κ2) is 6.46. The van der Waals surface area contributed by atoms with Crippen molar-refractivity contribution in [2.75, 3.05) is 19.7 Å². The van der Waals surface area contributed by atoms with Crippen LogP contribution in [0.4, 0.5) is 0 Å². The first-order valence-corrected chi connectivity index (χ1v) is 7.66. The van der Waals surface area contributed by atoms with Gasteiger partial charge in [0.05, 0.1) is 0 Å². The maximum Gasteiger partial charge on any atom is 0.119 e. The van der Waals surface area contributed by atoms with E-state index in [0.29, 0.717) is 13.2 Å². The normalized spacial score (nSPS) is 21.9. The lowest BCUT2D eigenvalue weighted by Crippen LogP contribution is -2.39. The molecular weight excluding hydrogens is 276 g/mol. The van der Waals surface area contributed by atoms with Crippen molar-refractivity contribution in [2.24, 2.45) is 0 Å². The summed E-state index contributed by atoms with van der Waals surface area (Å²) in [6.07, 6.45) is 4.35. The Hall–Kier alpha value is -1.91. The van der Waals surface area contributed by atoms with Crippen LogP contribution < -0.4 is 4.74 Å². The summed E-state index contributed by atoms with van der Waals surface area (Å²) in [4.78, 5) is 6.29. The third-order valence-corrected chi connectivity index (χ3v) is 4.06. The number of aromatic nitrogens is 1. The van der Waals surface area contributed by atoms with Crippen molar-refractivity contribution in [2.45, 2.75) is 25.5 Å². The van der Waals surface area contributed by atoms with Crippen LogP contribution in [0.2, 0.25) is 0 Å². The molecule has 0 bridgehead atoms. The molecule has 0 amide bonds. The van der Waals surface area contributed by atoms with E-state index in [9.17, 15) is 5.11 Å². The largest absolute Gasteiger partial charge is 0.491 e. The Morgan fingerprint density at radius 1 is 1.27 bits per heavy atom. The molecule has 4 heteroatoms. The van der Waals surface area contributed by atoms with E-state index in [1.54, 1.807) is 12.4 Å². The van der Waals surface area contributed by atoms with Gasteiger partial charge in [-0.1, -0.05) is 12.1 Å². The molecule has 1 aromatic carbocycles. The summed E-state index contributed by atoms with van der Waals surface area (Å²) in [6, 6.07) is 12.0. The predicted octanol–water partition coefficient (Wildman–Crippen LogP) is 2.41. The average molecular weight is 298 g/mol. The van der Waals surface area contributed by atoms with Crippen molar-refractivity contribution in [1.29, 1.82) is 0 Å². The number of hydrogen-bond donors (Lipinski definition) is 1. The summed E-state index contributed by atoms with van der Waals surface area (Å²) >= 11 is 0. The van der Waals surface area contributed by atoms with E-state index in [1.807, 2.05) is 43.3 Å². The molecule has 2 aromatic rings. The molecular formula is C18H22N2O2. The topological polar surface area (TPSA) is 45.6 Å². The summed E-state index contributed by atoms with van der Waals surface area (Å²) in [5, 5.41) is 10.7. The molecule has 3 rings (SSSR count). The number of pyridine rings is 1. The molecule has 0 aliphatic carbocycles. The monoisotopic (exact) mass is 298 g/mol. The van der Waals surface area contributed by atoms with Gasteiger partial charge in [-0.25, -0.2) is 0 Å². The van der Waals surface area contributed by atoms with Crippen molar-refractivity contribution in [1.82, 2.24) is 9.88 Å². The Bertz CT molecular complexity index is 617. The highest BCUT2D eigenvalue weighted by atomic mass is 16.5. The fourth-order valence-corrected chi connectivity index (χ4v) is 2.86. The number of likely N-dealkylation sites (tertiary alicyclic amines) is 1. The van der Waals surface area contributed by atoms with E-state index in [-0.39, 0.29) is 0 Å². The highest BCUT2D eigenvalue weighted by Crippen LogP contribution is 2.24. The molecule has 116 valence electrons. The number of hydrogen-bond acceptors (Lipinski definition) is 4. The second-order valence-electron chi connectivity index (χ2n) is 6.15. The number of aliphatic hydroxyl groups is 1. The van der Waals surface area contributed by atoms with Crippen molar-refractivity contribution in [3.8, 4) is 5.75 Å². The Balaban J connectivity index is 1.54. The van der Waals surface area contributed by atoms with Crippen LogP contribution in [0.15, 0.2) is 48.8 Å². The second-order valence-corrected chi connectivity index (χ2v) is 6.15. The van der Waals surface area contributed by atoms with E-state index in [4.69, 9.17) is 4.74 Å². The van der Waals surface area contributed by atoms with Crippen LogP contribution >= 0.6 is 0 Å². The van der Waals surface area contributed by atoms with Crippen molar-refractivity contribution >= 4 is 0 Å². The third-order valence-electron chi connectivity index (χ3n) is 4.06. The minimum absolute atomic E-state index is 0.337. The Morgan fingerprint density at radius 3 is 2.86 bits per heavy atom. The summed E-state index contributed by atoms with van der Waals surface area (Å²) in [5.74, 6) is 0.820. The zero-order valence-electron chi connectivity index (χ0n) is 12.9. The average Bonchev–Trinajstić information content (AvgIpc) is 2.88. The lowest BCUT2D eigenvalue weighted by molar-refractivity contribution is 0.00336. The molecule has 0 spiro atoms. The van der Waals surface area contributed by atoms with Gasteiger partial charge < -0.3 is 9.84 Å². The molecule has 1 saturated heterocycles. The van der Waals surface area contributed by atoms with Crippen LogP contribution in [0.1, 0.15) is 17.5 Å². The summed E-state index contributed by atoms with van der Waals surface area (Å²) < 4.78 is 5.79. The molecule has 0 unspecified atom stereocenters. The lowest BCUT2D eigenvalue weighted by atomic mass is 10.1. The number of ether oxygens (including phenoxy) is 1. The molecule has 1 atom stereocenters. The fraction of sp³-hybridized carbons (Fsp3) is 0.389. The van der Waals surface area contributed by atoms with Gasteiger partial charge in [0.15, 0.2) is 0 Å². The number of aryl methyl sites for hydroxylation is 1. The molecule has 2 heterocycles. The first-order chi connectivity index (χ1) is 10.6. The molecule has 1 aliphatic heterocycles. The molecule has 1 aliphatic rings. The molecule has 1 fully saturated rings. The van der Waals surface area contributed by atoms with Gasteiger partial charge in [-0.15, -0.1) is 0 Å². The molecule has 4 nitrogen and oxygen atoms in total. The fourth-order valence-electron chi connectivity index (χ4n) is 2.86. The van der Waals surface area contributed by atoms with Crippen LogP contribution in [-0.4, -0.2) is 40.3 Å². The third kappa shape index (κ3) is 3.84. The van der Waals surface area contributed by atoms with Gasteiger partial charge in [0.2, 0.25) is 0 Å². The Labute approximate surface area is 131 Å². The summed E-state index contributed by atoms with van der Waals surface area (Å²) in [7, 11) is 0. The van der Waals surface area contributed by atoms with E-state index in [2.05, 4.69) is 9.88 Å². The molecule has 1 N–H and O–H groups in total. The van der Waals surface area contributed by atoms with Gasteiger partial charge in [0.25, 0.3) is 0 Å². The van der Waals surface area contributed by atoms with Crippen molar-refractivity contribution in [3.05, 3.63) is 59.9 Å². The van der Waals surface area contributed by atoms with Crippen LogP contribution in [0.3, 0.4) is 0 Å². The SMILES string of the molecule is Cc1cccc(OC[C@@]2(O)CCN(Cc3ccncc3)C2)c1. The van der Waals surface area contributed by atoms with Crippen LogP contribution in [0.5, 0.6) is 5.75 Å². The van der Waals surface area contributed by atoms with Crippen molar-refractivity contribution in [3.63, 3.8) is 0 Å². The maximum absolute atomic E-state index is 10.7. The Morgan fingerprint density at radius 2 is 2.09 bits per heavy atom. The molecule has 1 aromatic heterocycles. The van der Waals surface area contributed by atoms with Crippen LogP contribution in [-0.2, 0) is 6.54 Å². The highest BCUT2D eigenvalue weighted by molar-refractivity contribution is 5.27. The van der Waals surface area contributed by atoms with Crippen molar-refractivity contribution < 1.29 is 9.84 Å². The zero-order valence-corrected chi connectivity index (χ0v) is 12.9. The van der Waals surface area contributed by atoms with Gasteiger partial charge in [-0.3, -0.25) is 9.88 Å². The standard InChI is InChI=1S/C18H22N2O2/c1-15-3-2-4-17(11-15)22-14-18(21)7-10-20(13-18)12-16-5-8-19-9-6-16/h2-6,8-9,11,21H,7,10,12-14H2,1H3/t18-/m1/s1. The number of β-amino-alcohol motifs (C(OH)–C–C–N with tert-alkyl or cyclic N) is 1. The van der Waals surface area contributed by atoms with Gasteiger partial charge in [-0.05, 0) is 48.7 Å². The van der Waals surface area contributed by atoms with Crippen LogP contribution in [0.25, 0.3) is 0 Å². The van der Waals surface area contributed by atoms with Gasteiger partial charge in [-0.2, -0.15) is 0 Å². The van der Waals surface area contributed by atoms with E-state index in [1.165, 1.54) is 5.56 Å². The number of rotatable bonds is 5. The number of nitrogens with zero attached hydrogens (tertiary/aromatic N) is 2. The summed E-state index contributed by atoms with van der Waals surface area (Å²) in [6.45, 7) is 4.74. The first kappa shape index (κ1) is 15.0. The van der Waals surface area contributed by atoms with Crippen LogP contribution in [0, 0.1) is 6.92 Å². The lowest BCUT2D eigenvalue weighted by Gasteiger charge is -2.23. The van der Waals surface area contributed by atoms with Gasteiger partial charge >= 0.3 is 0 Å². The smallest absolute Gasteiger partial charge is 0.119 e. The van der Waals surface area contributed by atoms with E-state index < -0.39 is 5.60 Å². The highest BCUT2D eigenvalue weighted by Gasteiger charge is 2.36. The Kier molecular flexibility index (Phi) is 4.41. The first-order valence-electron chi connectivity index (χ1n) is 7.66. The quantitative estimate of drug-likeness (QED) is 0.921. The molecule has 22 heavy (non-hydrogen) atoms. The van der Waals surface area contributed by atoms with E-state index >= 15 is 0 Å². The van der Waals surface area contributed by atoms with Gasteiger partial charge in [0, 0.05) is 32.0 Å². The summed E-state index contributed by atoms with van der Waals surface area (Å²) in [5.41, 5.74) is 1.62. The zero-order chi connectivity index (χ0) is 15.4. The minimum Gasteiger partial charge on any atom is -0.491 e. The minimum atomic E-state index is -0.767.